The summed E-state index contributed by atoms with van der Waals surface area (Å²) in [6, 6.07) is 18.1. The van der Waals surface area contributed by atoms with Crippen LogP contribution in [0.2, 0.25) is 0 Å². The molecule has 34 heavy (non-hydrogen) atoms. The number of benzene rings is 3. The second-order valence-corrected chi connectivity index (χ2v) is 9.69. The van der Waals surface area contributed by atoms with Crippen LogP contribution in [0, 0.1) is 13.8 Å². The van der Waals surface area contributed by atoms with Gasteiger partial charge in [-0.25, -0.2) is 8.42 Å². The Hall–Kier alpha value is -3.65. The molecule has 8 heteroatoms. The summed E-state index contributed by atoms with van der Waals surface area (Å²) in [5.74, 6) is -0.705. The molecular formula is C26H29N3O4S. The van der Waals surface area contributed by atoms with E-state index in [4.69, 9.17) is 0 Å². The molecule has 3 rings (SSSR count). The van der Waals surface area contributed by atoms with Gasteiger partial charge < -0.3 is 10.6 Å². The highest BCUT2D eigenvalue weighted by Gasteiger charge is 2.19. The molecule has 3 N–H and O–H groups in total. The number of unbranched alkanes of at least 4 members (excludes halogenated alkanes) is 1. The Balaban J connectivity index is 1.82. The zero-order valence-electron chi connectivity index (χ0n) is 19.5. The van der Waals surface area contributed by atoms with Crippen LogP contribution < -0.4 is 15.4 Å². The van der Waals surface area contributed by atoms with E-state index in [2.05, 4.69) is 15.4 Å². The smallest absolute Gasteiger partial charge is 0.261 e. The maximum Gasteiger partial charge on any atom is 0.261 e. The van der Waals surface area contributed by atoms with Gasteiger partial charge in [0.05, 0.1) is 21.8 Å². The molecule has 3 aromatic carbocycles. The van der Waals surface area contributed by atoms with E-state index >= 15 is 0 Å². The van der Waals surface area contributed by atoms with E-state index in [1.165, 1.54) is 12.1 Å². The minimum Gasteiger partial charge on any atom is -0.352 e. The molecule has 0 saturated carbocycles. The summed E-state index contributed by atoms with van der Waals surface area (Å²) < 4.78 is 28.2. The third kappa shape index (κ3) is 6.02. The summed E-state index contributed by atoms with van der Waals surface area (Å²) >= 11 is 0. The molecule has 3 aromatic rings. The van der Waals surface area contributed by atoms with E-state index in [-0.39, 0.29) is 10.8 Å². The zero-order valence-corrected chi connectivity index (χ0v) is 20.3. The minimum atomic E-state index is -3.82. The molecule has 0 heterocycles. The van der Waals surface area contributed by atoms with Gasteiger partial charge in [-0.1, -0.05) is 49.2 Å². The van der Waals surface area contributed by atoms with Gasteiger partial charge >= 0.3 is 0 Å². The maximum absolute atomic E-state index is 13.1. The lowest BCUT2D eigenvalue weighted by molar-refractivity contribution is 0.0954. The topological polar surface area (TPSA) is 104 Å². The number of hydrogen-bond acceptors (Lipinski definition) is 4. The first-order valence-corrected chi connectivity index (χ1v) is 12.6. The molecule has 0 aliphatic rings. The lowest BCUT2D eigenvalue weighted by Crippen LogP contribution is -2.26. The molecule has 178 valence electrons. The third-order valence-corrected chi connectivity index (χ3v) is 6.77. The Morgan fingerprint density at radius 2 is 1.44 bits per heavy atom. The van der Waals surface area contributed by atoms with Crippen molar-refractivity contribution in [1.82, 2.24) is 5.32 Å². The first kappa shape index (κ1) is 25.0. The quantitative estimate of drug-likeness (QED) is 0.380. The van der Waals surface area contributed by atoms with Gasteiger partial charge in [-0.3, -0.25) is 14.3 Å². The van der Waals surface area contributed by atoms with E-state index in [0.717, 1.165) is 18.4 Å². The molecule has 0 aliphatic heterocycles. The van der Waals surface area contributed by atoms with Crippen LogP contribution in [-0.2, 0) is 10.0 Å². The molecule has 0 bridgehead atoms. The predicted molar refractivity (Wildman–Crippen MR) is 135 cm³/mol. The fourth-order valence-corrected chi connectivity index (χ4v) is 4.49. The van der Waals surface area contributed by atoms with Crippen molar-refractivity contribution in [2.75, 3.05) is 16.6 Å². The summed E-state index contributed by atoms with van der Waals surface area (Å²) in [7, 11) is -3.82. The van der Waals surface area contributed by atoms with Gasteiger partial charge in [-0.05, 0) is 62.2 Å². The van der Waals surface area contributed by atoms with Crippen LogP contribution in [0.1, 0.15) is 51.6 Å². The Kier molecular flexibility index (Phi) is 8.07. The van der Waals surface area contributed by atoms with Crippen LogP contribution >= 0.6 is 0 Å². The number of carbonyl (C=O) groups is 2. The summed E-state index contributed by atoms with van der Waals surface area (Å²) in [5.41, 5.74) is 2.77. The van der Waals surface area contributed by atoms with E-state index in [1.807, 2.05) is 13.8 Å². The molecule has 0 unspecified atom stereocenters. The van der Waals surface area contributed by atoms with E-state index in [1.54, 1.807) is 61.5 Å². The standard InChI is InChI=1S/C26H29N3O4S/c1-4-5-17-27-25(30)22-9-6-7-11-24(22)28-26(31)21-10-8-12-23(19(21)3)29-34(32,33)20-15-13-18(2)14-16-20/h6-16,29H,4-5,17H2,1-3H3,(H,27,30)(H,28,31). The van der Waals surface area contributed by atoms with E-state index in [9.17, 15) is 18.0 Å². The number of amides is 2. The van der Waals surface area contributed by atoms with Crippen LogP contribution in [0.5, 0.6) is 0 Å². The second-order valence-electron chi connectivity index (χ2n) is 8.01. The minimum absolute atomic E-state index is 0.135. The molecule has 0 saturated heterocycles. The summed E-state index contributed by atoms with van der Waals surface area (Å²) in [4.78, 5) is 25.8. The number of rotatable bonds is 9. The first-order chi connectivity index (χ1) is 16.2. The van der Waals surface area contributed by atoms with Gasteiger partial charge in [-0.15, -0.1) is 0 Å². The van der Waals surface area contributed by atoms with Crippen molar-refractivity contribution < 1.29 is 18.0 Å². The number of sulfonamides is 1. The molecule has 0 fully saturated rings. The average Bonchev–Trinajstić information content (AvgIpc) is 2.81. The largest absolute Gasteiger partial charge is 0.352 e. The number of nitrogens with one attached hydrogen (secondary N) is 3. The number of para-hydroxylation sites is 1. The molecule has 0 aromatic heterocycles. The normalized spacial score (nSPS) is 11.0. The SMILES string of the molecule is CCCCNC(=O)c1ccccc1NC(=O)c1cccc(NS(=O)(=O)c2ccc(C)cc2)c1C. The summed E-state index contributed by atoms with van der Waals surface area (Å²) in [6.45, 7) is 6.14. The Morgan fingerprint density at radius 1 is 0.794 bits per heavy atom. The van der Waals surface area contributed by atoms with Crippen LogP contribution in [0.4, 0.5) is 11.4 Å². The first-order valence-electron chi connectivity index (χ1n) is 11.1. The molecule has 7 nitrogen and oxygen atoms in total. The van der Waals surface area contributed by atoms with Gasteiger partial charge in [0.15, 0.2) is 0 Å². The van der Waals surface area contributed by atoms with Gasteiger partial charge in [0.25, 0.3) is 21.8 Å². The van der Waals surface area contributed by atoms with Crippen molar-refractivity contribution in [2.24, 2.45) is 0 Å². The summed E-state index contributed by atoms with van der Waals surface area (Å²) in [6.07, 6.45) is 1.83. The van der Waals surface area contributed by atoms with Crippen LogP contribution in [0.25, 0.3) is 0 Å². The van der Waals surface area contributed by atoms with Crippen molar-refractivity contribution >= 4 is 33.2 Å². The lowest BCUT2D eigenvalue weighted by Gasteiger charge is -2.15. The van der Waals surface area contributed by atoms with Crippen molar-refractivity contribution in [2.45, 2.75) is 38.5 Å². The predicted octanol–water partition coefficient (Wildman–Crippen LogP) is 4.89. The third-order valence-electron chi connectivity index (χ3n) is 5.39. The average molecular weight is 480 g/mol. The molecular weight excluding hydrogens is 450 g/mol. The molecule has 0 atom stereocenters. The Morgan fingerprint density at radius 3 is 2.15 bits per heavy atom. The zero-order chi connectivity index (χ0) is 24.7. The molecule has 2 amide bonds. The van der Waals surface area contributed by atoms with Gasteiger partial charge in [-0.2, -0.15) is 0 Å². The van der Waals surface area contributed by atoms with Crippen molar-refractivity contribution in [3.63, 3.8) is 0 Å². The molecule has 0 spiro atoms. The second kappa shape index (κ2) is 11.0. The van der Waals surface area contributed by atoms with Crippen molar-refractivity contribution in [3.8, 4) is 0 Å². The van der Waals surface area contributed by atoms with Crippen LogP contribution in [0.15, 0.2) is 71.6 Å². The number of aryl methyl sites for hydroxylation is 1. The number of carbonyl (C=O) groups excluding carboxylic acids is 2. The Labute approximate surface area is 200 Å². The fraction of sp³-hybridized carbons (Fsp3) is 0.231. The number of hydrogen-bond donors (Lipinski definition) is 3. The van der Waals surface area contributed by atoms with Crippen molar-refractivity contribution in [1.29, 1.82) is 0 Å². The van der Waals surface area contributed by atoms with E-state index < -0.39 is 15.9 Å². The van der Waals surface area contributed by atoms with E-state index in [0.29, 0.717) is 34.6 Å². The highest BCUT2D eigenvalue weighted by atomic mass is 32.2. The molecule has 0 aliphatic carbocycles. The van der Waals surface area contributed by atoms with Gasteiger partial charge in [0.1, 0.15) is 0 Å². The lowest BCUT2D eigenvalue weighted by atomic mass is 10.1. The molecule has 0 radical (unpaired) electrons. The van der Waals surface area contributed by atoms with Gasteiger partial charge in [0.2, 0.25) is 0 Å². The van der Waals surface area contributed by atoms with Crippen LogP contribution in [-0.4, -0.2) is 26.8 Å². The number of anilines is 2. The fourth-order valence-electron chi connectivity index (χ4n) is 3.37. The van der Waals surface area contributed by atoms with Crippen molar-refractivity contribution in [3.05, 3.63) is 89.0 Å². The van der Waals surface area contributed by atoms with Gasteiger partial charge in [0, 0.05) is 12.1 Å². The Bertz CT molecular complexity index is 1290. The van der Waals surface area contributed by atoms with Crippen LogP contribution in [0.3, 0.4) is 0 Å². The maximum atomic E-state index is 13.1. The highest BCUT2D eigenvalue weighted by Crippen LogP contribution is 2.24. The monoisotopic (exact) mass is 479 g/mol. The highest BCUT2D eigenvalue weighted by molar-refractivity contribution is 7.92. The summed E-state index contributed by atoms with van der Waals surface area (Å²) in [5, 5.41) is 5.64.